The molecular weight excluding hydrogens is 771 g/mol. The Morgan fingerprint density at radius 3 is 1.90 bits per heavy atom. The monoisotopic (exact) mass is 848 g/mol. The fraction of sp³-hybridized carbons (Fsp3) is 0.717. The molecule has 2 saturated heterocycles. The third kappa shape index (κ3) is 15.0. The summed E-state index contributed by atoms with van der Waals surface area (Å²) in [5.74, 6) is 1.15. The smallest absolute Gasteiger partial charge is 0.317 e. The molecule has 0 amide bonds. The molecule has 3 aromatic rings. The summed E-state index contributed by atoms with van der Waals surface area (Å²) in [6.07, 6.45) is 20.1. The van der Waals surface area contributed by atoms with Crippen LogP contribution in [0.1, 0.15) is 74.1 Å². The van der Waals surface area contributed by atoms with Crippen LogP contribution in [0.25, 0.3) is 0 Å². The maximum absolute atomic E-state index is 12.3. The highest BCUT2D eigenvalue weighted by Crippen LogP contribution is 2.42. The number of aliphatic carboxylic acids is 1. The fourth-order valence-electron chi connectivity index (χ4n) is 9.48. The van der Waals surface area contributed by atoms with Gasteiger partial charge >= 0.3 is 5.97 Å². The van der Waals surface area contributed by atoms with Gasteiger partial charge in [-0.05, 0) is 86.3 Å². The Hall–Kier alpha value is -2.66. The number of carbonyl (C=O) groups is 1. The van der Waals surface area contributed by atoms with Crippen LogP contribution < -0.4 is 0 Å². The van der Waals surface area contributed by atoms with Crippen LogP contribution in [0.4, 0.5) is 0 Å². The van der Waals surface area contributed by atoms with Crippen LogP contribution >= 0.6 is 0 Å². The number of imidazole rings is 2. The number of aromatic nitrogens is 4. The topological polar surface area (TPSA) is 101 Å². The van der Waals surface area contributed by atoms with Crippen molar-refractivity contribution in [1.29, 1.82) is 0 Å². The summed E-state index contributed by atoms with van der Waals surface area (Å²) in [6.45, 7) is 23.7. The van der Waals surface area contributed by atoms with Crippen molar-refractivity contribution in [2.75, 3.05) is 52.5 Å². The lowest BCUT2D eigenvalue weighted by Gasteiger charge is -2.43. The van der Waals surface area contributed by atoms with Crippen molar-refractivity contribution >= 4 is 22.1 Å². The zero-order chi connectivity index (χ0) is 41.9. The van der Waals surface area contributed by atoms with Gasteiger partial charge in [-0.25, -0.2) is 9.97 Å². The molecule has 2 aliphatic heterocycles. The lowest BCUT2D eigenvalue weighted by Crippen LogP contribution is -2.46. The van der Waals surface area contributed by atoms with Crippen LogP contribution in [0, 0.1) is 11.3 Å². The highest BCUT2D eigenvalue weighted by Gasteiger charge is 2.41. The molecule has 11 nitrogen and oxygen atoms in total. The molecule has 1 aromatic carbocycles. The van der Waals surface area contributed by atoms with Crippen LogP contribution in [-0.2, 0) is 53.7 Å². The Morgan fingerprint density at radius 2 is 1.36 bits per heavy atom. The molecule has 1 aliphatic carbocycles. The first-order chi connectivity index (χ1) is 28.2. The number of carboxylic acid groups (broad SMARTS) is 1. The van der Waals surface area contributed by atoms with Gasteiger partial charge < -0.3 is 28.6 Å². The molecule has 1 N–H and O–H groups in total. The number of likely N-dealkylation sites (tertiary alicyclic amines) is 2. The molecule has 2 aromatic heterocycles. The molecule has 1 saturated carbocycles. The second-order valence-electron chi connectivity index (χ2n) is 20.8. The Balaban J connectivity index is 1.08. The first-order valence-electron chi connectivity index (χ1n) is 22.8. The molecule has 0 radical (unpaired) electrons. The normalized spacial score (nSPS) is 18.5. The molecule has 6 rings (SSSR count). The highest BCUT2D eigenvalue weighted by atomic mass is 28.3. The number of benzene rings is 1. The predicted octanol–water partition coefficient (Wildman–Crippen LogP) is 8.31. The molecule has 59 heavy (non-hydrogen) atoms. The summed E-state index contributed by atoms with van der Waals surface area (Å²) in [5, 5.41) is 10.1. The van der Waals surface area contributed by atoms with E-state index in [0.717, 1.165) is 55.1 Å². The predicted molar refractivity (Wildman–Crippen MR) is 243 cm³/mol. The fourth-order valence-corrected chi connectivity index (χ4v) is 11.0. The maximum atomic E-state index is 12.3. The van der Waals surface area contributed by atoms with E-state index in [0.29, 0.717) is 44.8 Å². The van der Waals surface area contributed by atoms with Crippen LogP contribution in [0.2, 0.25) is 51.4 Å². The van der Waals surface area contributed by atoms with E-state index in [2.05, 4.69) is 87.4 Å². The van der Waals surface area contributed by atoms with Gasteiger partial charge in [0.1, 0.15) is 25.1 Å². The largest absolute Gasteiger partial charge is 0.480 e. The number of carboxylic acids is 1. The van der Waals surface area contributed by atoms with Gasteiger partial charge in [0.2, 0.25) is 0 Å². The average molecular weight is 848 g/mol. The maximum Gasteiger partial charge on any atom is 0.317 e. The highest BCUT2D eigenvalue weighted by molar-refractivity contribution is 6.76. The lowest BCUT2D eigenvalue weighted by molar-refractivity contribution is -0.138. The van der Waals surface area contributed by atoms with E-state index in [1.54, 1.807) is 0 Å². The van der Waals surface area contributed by atoms with Gasteiger partial charge in [0.15, 0.2) is 0 Å². The van der Waals surface area contributed by atoms with E-state index < -0.39 is 22.1 Å². The Kier molecular flexibility index (Phi) is 16.7. The second-order valence-corrected chi connectivity index (χ2v) is 32.0. The van der Waals surface area contributed by atoms with E-state index >= 15 is 0 Å². The molecule has 13 heteroatoms. The third-order valence-electron chi connectivity index (χ3n) is 13.2. The van der Waals surface area contributed by atoms with E-state index in [-0.39, 0.29) is 12.5 Å². The van der Waals surface area contributed by atoms with Crippen molar-refractivity contribution in [2.45, 2.75) is 148 Å². The number of rotatable bonds is 23. The van der Waals surface area contributed by atoms with E-state index in [4.69, 9.17) is 19.4 Å². The van der Waals surface area contributed by atoms with Gasteiger partial charge in [-0.1, -0.05) is 82.8 Å². The van der Waals surface area contributed by atoms with Crippen molar-refractivity contribution < 1.29 is 19.4 Å². The summed E-state index contributed by atoms with van der Waals surface area (Å²) in [6, 6.07) is 12.0. The minimum absolute atomic E-state index is 0.0330. The number of nitrogens with zero attached hydrogens (tertiary/aromatic N) is 7. The molecule has 1 spiro atoms. The first kappa shape index (κ1) is 45.9. The summed E-state index contributed by atoms with van der Waals surface area (Å²) >= 11 is 0. The van der Waals surface area contributed by atoms with Crippen LogP contribution in [-0.4, -0.2) is 120 Å². The first-order valence-corrected chi connectivity index (χ1v) is 30.3. The molecule has 0 atom stereocenters. The molecule has 3 fully saturated rings. The number of hydrogen-bond donors (Lipinski definition) is 1. The van der Waals surface area contributed by atoms with Gasteiger partial charge in [0.25, 0.3) is 0 Å². The molecule has 0 bridgehead atoms. The minimum atomic E-state index is -1.20. The average Bonchev–Trinajstić information content (AvgIpc) is 3.93. The second kappa shape index (κ2) is 21.4. The van der Waals surface area contributed by atoms with Crippen molar-refractivity contribution in [2.24, 2.45) is 11.3 Å². The van der Waals surface area contributed by atoms with E-state index in [9.17, 15) is 9.90 Å². The summed E-state index contributed by atoms with van der Waals surface area (Å²) in [5.41, 5.74) is 2.97. The zero-order valence-corrected chi connectivity index (χ0v) is 39.5. The Morgan fingerprint density at radius 1 is 0.814 bits per heavy atom. The van der Waals surface area contributed by atoms with Gasteiger partial charge in [-0.3, -0.25) is 14.6 Å². The van der Waals surface area contributed by atoms with Gasteiger partial charge in [-0.15, -0.1) is 0 Å². The van der Waals surface area contributed by atoms with Gasteiger partial charge in [0, 0.05) is 99.2 Å². The van der Waals surface area contributed by atoms with E-state index in [1.807, 2.05) is 24.8 Å². The van der Waals surface area contributed by atoms with Crippen molar-refractivity contribution in [3.05, 3.63) is 71.8 Å². The quantitative estimate of drug-likeness (QED) is 0.0747. The Labute approximate surface area is 357 Å². The molecule has 4 heterocycles. The molecular formula is C46H77N7O4Si2. The van der Waals surface area contributed by atoms with Crippen molar-refractivity contribution in [3.63, 3.8) is 0 Å². The van der Waals surface area contributed by atoms with Crippen molar-refractivity contribution in [3.8, 4) is 0 Å². The molecule has 328 valence electrons. The minimum Gasteiger partial charge on any atom is -0.480 e. The summed E-state index contributed by atoms with van der Waals surface area (Å²) < 4.78 is 16.5. The Bertz CT molecular complexity index is 1640. The molecule has 3 aliphatic rings. The van der Waals surface area contributed by atoms with Crippen molar-refractivity contribution in [1.82, 2.24) is 33.8 Å². The van der Waals surface area contributed by atoms with E-state index in [1.165, 1.54) is 83.1 Å². The number of hydrogen-bond acceptors (Lipinski definition) is 8. The molecule has 0 unspecified atom stereocenters. The SMILES string of the molecule is C[Si](C)(C)CCOCn1ccnc1CC(Cc1nccn1COCC[Si](C)(C)C)CN(CC(=O)O)Cc1ccc(CN2CCC3(CCN(C4CCCCC4)CC3)C2)cc1. The number of piperidine rings is 1. The standard InChI is InChI=1S/C46H77N7O4Si2/c1-58(2,3)28-26-56-37-52-24-19-47-43(52)30-41(31-44-48-20-25-53(44)38-57-27-29-59(4,5)6)34-50(35-45(54)55)33-40-14-12-39(13-15-40)32-49-21-16-46(36-49)17-22-51(23-18-46)42-10-8-7-9-11-42/h12-15,19-20,24-25,41-42H,7-11,16-18,21-23,26-38H2,1-6H3,(H,54,55). The lowest BCUT2D eigenvalue weighted by atomic mass is 9.77. The summed E-state index contributed by atoms with van der Waals surface area (Å²) in [7, 11) is -2.40. The van der Waals surface area contributed by atoms with Gasteiger partial charge in [0.05, 0.1) is 6.54 Å². The number of ether oxygens (including phenoxy) is 2. The summed E-state index contributed by atoms with van der Waals surface area (Å²) in [4.78, 5) is 29.5. The van der Waals surface area contributed by atoms with Gasteiger partial charge in [-0.2, -0.15) is 0 Å². The van der Waals surface area contributed by atoms with Crippen LogP contribution in [0.15, 0.2) is 49.1 Å². The van der Waals surface area contributed by atoms with Crippen LogP contribution in [0.3, 0.4) is 0 Å². The zero-order valence-electron chi connectivity index (χ0n) is 37.5. The third-order valence-corrected chi connectivity index (χ3v) is 16.6. The van der Waals surface area contributed by atoms with Crippen LogP contribution in [0.5, 0.6) is 0 Å².